The number of likely N-dealkylation sites (tertiary alicyclic amines) is 1. The Morgan fingerprint density at radius 1 is 1.56 bits per heavy atom. The Bertz CT molecular complexity index is 420. The number of carbonyl (C=O) groups is 1. The number of urea groups is 1. The third-order valence-corrected chi connectivity index (χ3v) is 3.34. The topological polar surface area (TPSA) is 65.5 Å². The Morgan fingerprint density at radius 2 is 2.28 bits per heavy atom. The predicted molar refractivity (Wildman–Crippen MR) is 69.6 cm³/mol. The fourth-order valence-electron chi connectivity index (χ4n) is 2.00. The molecule has 1 aliphatic heterocycles. The lowest BCUT2D eigenvalue weighted by molar-refractivity contribution is 0.143. The number of pyridine rings is 1. The van der Waals surface area contributed by atoms with Crippen molar-refractivity contribution in [3.63, 3.8) is 0 Å². The molecular weight excluding hydrogens is 254 g/mol. The number of aliphatic hydroxyl groups is 1. The van der Waals surface area contributed by atoms with Crippen molar-refractivity contribution in [3.8, 4) is 0 Å². The molecule has 2 amide bonds. The zero-order valence-corrected chi connectivity index (χ0v) is 10.7. The molecule has 0 aliphatic carbocycles. The van der Waals surface area contributed by atoms with Crippen molar-refractivity contribution in [2.45, 2.75) is 12.8 Å². The van der Waals surface area contributed by atoms with E-state index in [1.165, 1.54) is 0 Å². The molecule has 0 radical (unpaired) electrons. The van der Waals surface area contributed by atoms with Crippen molar-refractivity contribution in [1.82, 2.24) is 9.88 Å². The summed E-state index contributed by atoms with van der Waals surface area (Å²) >= 11 is 5.75. The quantitative estimate of drug-likeness (QED) is 0.807. The molecule has 0 atom stereocenters. The van der Waals surface area contributed by atoms with E-state index in [1.54, 1.807) is 23.2 Å². The summed E-state index contributed by atoms with van der Waals surface area (Å²) in [4.78, 5) is 17.6. The van der Waals surface area contributed by atoms with Crippen LogP contribution in [-0.2, 0) is 0 Å². The van der Waals surface area contributed by atoms with E-state index in [-0.39, 0.29) is 12.6 Å². The van der Waals surface area contributed by atoms with Crippen LogP contribution < -0.4 is 5.32 Å². The monoisotopic (exact) mass is 269 g/mol. The highest BCUT2D eigenvalue weighted by atomic mass is 35.5. The average Bonchev–Trinajstić information content (AvgIpc) is 2.39. The molecular formula is C12H16ClN3O2. The lowest BCUT2D eigenvalue weighted by Crippen LogP contribution is -2.41. The van der Waals surface area contributed by atoms with Crippen molar-refractivity contribution in [3.05, 3.63) is 23.5 Å². The van der Waals surface area contributed by atoms with Gasteiger partial charge in [0.15, 0.2) is 0 Å². The van der Waals surface area contributed by atoms with Crippen LogP contribution in [0.15, 0.2) is 18.3 Å². The van der Waals surface area contributed by atoms with Crippen molar-refractivity contribution in [2.75, 3.05) is 25.0 Å². The van der Waals surface area contributed by atoms with Gasteiger partial charge >= 0.3 is 6.03 Å². The van der Waals surface area contributed by atoms with Gasteiger partial charge in [0, 0.05) is 31.6 Å². The maximum atomic E-state index is 12.0. The Hall–Kier alpha value is -1.33. The van der Waals surface area contributed by atoms with E-state index < -0.39 is 0 Å². The third-order valence-electron chi connectivity index (χ3n) is 3.14. The summed E-state index contributed by atoms with van der Waals surface area (Å²) in [5.41, 5.74) is 0.643. The van der Waals surface area contributed by atoms with Crippen molar-refractivity contribution in [2.24, 2.45) is 5.92 Å². The number of aliphatic hydroxyl groups excluding tert-OH is 1. The van der Waals surface area contributed by atoms with Crippen LogP contribution in [0.1, 0.15) is 12.8 Å². The molecule has 98 valence electrons. The maximum absolute atomic E-state index is 12.0. The zero-order valence-electron chi connectivity index (χ0n) is 9.97. The van der Waals surface area contributed by atoms with Crippen LogP contribution in [0.4, 0.5) is 10.5 Å². The van der Waals surface area contributed by atoms with E-state index in [1.807, 2.05) is 0 Å². The molecule has 1 fully saturated rings. The summed E-state index contributed by atoms with van der Waals surface area (Å²) in [6, 6.07) is 3.18. The predicted octanol–water partition coefficient (Wildman–Crippen LogP) is 1.97. The largest absolute Gasteiger partial charge is 0.396 e. The van der Waals surface area contributed by atoms with Gasteiger partial charge < -0.3 is 15.3 Å². The normalized spacial score (nSPS) is 16.7. The number of rotatable bonds is 2. The number of halogens is 1. The van der Waals surface area contributed by atoms with Crippen LogP contribution in [-0.4, -0.2) is 40.7 Å². The molecule has 2 rings (SSSR count). The van der Waals surface area contributed by atoms with Crippen molar-refractivity contribution < 1.29 is 9.90 Å². The molecule has 0 bridgehead atoms. The molecule has 1 saturated heterocycles. The number of hydrogen-bond donors (Lipinski definition) is 2. The summed E-state index contributed by atoms with van der Waals surface area (Å²) in [5.74, 6) is 0.324. The number of aromatic nitrogens is 1. The van der Waals surface area contributed by atoms with E-state index in [9.17, 15) is 4.79 Å². The smallest absolute Gasteiger partial charge is 0.321 e. The van der Waals surface area contributed by atoms with Gasteiger partial charge in [0.05, 0.1) is 0 Å². The first-order valence-electron chi connectivity index (χ1n) is 5.97. The molecule has 0 unspecified atom stereocenters. The van der Waals surface area contributed by atoms with Gasteiger partial charge in [-0.1, -0.05) is 11.6 Å². The number of anilines is 1. The van der Waals surface area contributed by atoms with Gasteiger partial charge in [0.2, 0.25) is 0 Å². The molecule has 5 nitrogen and oxygen atoms in total. The van der Waals surface area contributed by atoms with Crippen LogP contribution >= 0.6 is 11.6 Å². The molecule has 0 aromatic carbocycles. The first kappa shape index (κ1) is 13.1. The highest BCUT2D eigenvalue weighted by Gasteiger charge is 2.22. The molecule has 6 heteroatoms. The standard InChI is InChI=1S/C12H16ClN3O2/c13-11-7-10(1-4-14-11)15-12(18)16-5-2-9(8-17)3-6-16/h1,4,7,9,17H,2-3,5-6,8H2,(H,14,15,18). The summed E-state index contributed by atoms with van der Waals surface area (Å²) in [6.07, 6.45) is 3.25. The molecule has 0 saturated carbocycles. The van der Waals surface area contributed by atoms with Gasteiger partial charge in [-0.15, -0.1) is 0 Å². The lowest BCUT2D eigenvalue weighted by Gasteiger charge is -2.31. The van der Waals surface area contributed by atoms with Gasteiger partial charge in [0.25, 0.3) is 0 Å². The maximum Gasteiger partial charge on any atom is 0.321 e. The number of nitrogens with one attached hydrogen (secondary N) is 1. The van der Waals surface area contributed by atoms with Gasteiger partial charge in [-0.3, -0.25) is 0 Å². The third kappa shape index (κ3) is 3.34. The molecule has 1 aromatic rings. The van der Waals surface area contributed by atoms with E-state index in [0.717, 1.165) is 12.8 Å². The van der Waals surface area contributed by atoms with Crippen LogP contribution in [0.5, 0.6) is 0 Å². The van der Waals surface area contributed by atoms with Gasteiger partial charge in [-0.05, 0) is 30.9 Å². The summed E-state index contributed by atoms with van der Waals surface area (Å²) in [7, 11) is 0. The van der Waals surface area contributed by atoms with Crippen LogP contribution in [0.2, 0.25) is 5.15 Å². The first-order chi connectivity index (χ1) is 8.69. The number of hydrogen-bond acceptors (Lipinski definition) is 3. The van der Waals surface area contributed by atoms with E-state index in [0.29, 0.717) is 29.8 Å². The van der Waals surface area contributed by atoms with Crippen LogP contribution in [0.3, 0.4) is 0 Å². The summed E-state index contributed by atoms with van der Waals surface area (Å²) < 4.78 is 0. The minimum absolute atomic E-state index is 0.131. The zero-order chi connectivity index (χ0) is 13.0. The SMILES string of the molecule is O=C(Nc1ccnc(Cl)c1)N1CCC(CO)CC1. The van der Waals surface area contributed by atoms with Crippen LogP contribution in [0.25, 0.3) is 0 Å². The second kappa shape index (κ2) is 6.02. The minimum atomic E-state index is -0.131. The number of nitrogens with zero attached hydrogens (tertiary/aromatic N) is 2. The van der Waals surface area contributed by atoms with Gasteiger partial charge in [-0.25, -0.2) is 9.78 Å². The number of amides is 2. The second-order valence-corrected chi connectivity index (χ2v) is 4.80. The summed E-state index contributed by atoms with van der Waals surface area (Å²) in [5, 5.41) is 12.2. The molecule has 0 spiro atoms. The fraction of sp³-hybridized carbons (Fsp3) is 0.500. The minimum Gasteiger partial charge on any atom is -0.396 e. The second-order valence-electron chi connectivity index (χ2n) is 4.41. The molecule has 2 heterocycles. The lowest BCUT2D eigenvalue weighted by atomic mass is 9.98. The van der Waals surface area contributed by atoms with Gasteiger partial charge in [-0.2, -0.15) is 0 Å². The first-order valence-corrected chi connectivity index (χ1v) is 6.35. The fourth-order valence-corrected chi connectivity index (χ4v) is 2.18. The van der Waals surface area contributed by atoms with E-state index in [4.69, 9.17) is 16.7 Å². The molecule has 18 heavy (non-hydrogen) atoms. The van der Waals surface area contributed by atoms with Gasteiger partial charge in [0.1, 0.15) is 5.15 Å². The van der Waals surface area contributed by atoms with Crippen molar-refractivity contribution in [1.29, 1.82) is 0 Å². The molecule has 2 N–H and O–H groups in total. The van der Waals surface area contributed by atoms with E-state index >= 15 is 0 Å². The summed E-state index contributed by atoms with van der Waals surface area (Å²) in [6.45, 7) is 1.56. The Kier molecular flexibility index (Phi) is 4.38. The Labute approximate surface area is 111 Å². The van der Waals surface area contributed by atoms with Crippen molar-refractivity contribution >= 4 is 23.3 Å². The van der Waals surface area contributed by atoms with E-state index in [2.05, 4.69) is 10.3 Å². The van der Waals surface area contributed by atoms with Crippen LogP contribution in [0, 0.1) is 5.92 Å². The Morgan fingerprint density at radius 3 is 2.89 bits per heavy atom. The highest BCUT2D eigenvalue weighted by molar-refractivity contribution is 6.29. The Balaban J connectivity index is 1.89. The average molecular weight is 270 g/mol. The number of piperidine rings is 1. The highest BCUT2D eigenvalue weighted by Crippen LogP contribution is 2.18. The number of carbonyl (C=O) groups excluding carboxylic acids is 1. The molecule has 1 aromatic heterocycles. The molecule has 1 aliphatic rings.